The predicted octanol–water partition coefficient (Wildman–Crippen LogP) is 2.07. The van der Waals surface area contributed by atoms with Gasteiger partial charge in [-0.1, -0.05) is 0 Å². The van der Waals surface area contributed by atoms with Gasteiger partial charge in [0.1, 0.15) is 29.1 Å². The van der Waals surface area contributed by atoms with Gasteiger partial charge in [0.25, 0.3) is 11.5 Å². The number of pyridine rings is 1. The molecular formula is C23H26F4N8O4. The predicted molar refractivity (Wildman–Crippen MR) is 132 cm³/mol. The van der Waals surface area contributed by atoms with Crippen LogP contribution in [0.1, 0.15) is 35.7 Å². The maximum atomic E-state index is 13.2. The zero-order valence-electron chi connectivity index (χ0n) is 20.6. The van der Waals surface area contributed by atoms with Crippen LogP contribution >= 0.6 is 0 Å². The third-order valence-electron chi connectivity index (χ3n) is 6.18. The molecular weight excluding hydrogens is 528 g/mol. The van der Waals surface area contributed by atoms with E-state index in [-0.39, 0.29) is 17.2 Å². The summed E-state index contributed by atoms with van der Waals surface area (Å²) in [5.74, 6) is -2.20. The quantitative estimate of drug-likeness (QED) is 0.288. The molecule has 3 aromatic heterocycles. The third kappa shape index (κ3) is 6.45. The fraction of sp³-hybridized carbons (Fsp3) is 0.435. The molecule has 5 rings (SSSR count). The van der Waals surface area contributed by atoms with Gasteiger partial charge in [0, 0.05) is 31.8 Å². The fourth-order valence-electron chi connectivity index (χ4n) is 4.04. The van der Waals surface area contributed by atoms with Crippen molar-refractivity contribution in [3.05, 3.63) is 46.5 Å². The molecule has 0 unspecified atom stereocenters. The fourth-order valence-corrected chi connectivity index (χ4v) is 4.04. The molecule has 0 radical (unpaired) electrons. The van der Waals surface area contributed by atoms with Gasteiger partial charge >= 0.3 is 12.1 Å². The second-order valence-electron chi connectivity index (χ2n) is 8.95. The first-order chi connectivity index (χ1) is 18.5. The smallest absolute Gasteiger partial charge is 0.475 e. The topological polar surface area (TPSA) is 155 Å². The average molecular weight is 555 g/mol. The molecule has 0 aromatic carbocycles. The molecule has 2 fully saturated rings. The minimum absolute atomic E-state index is 0.124. The molecule has 2 aliphatic rings. The summed E-state index contributed by atoms with van der Waals surface area (Å²) in [7, 11) is 1.73. The van der Waals surface area contributed by atoms with Gasteiger partial charge in [0.05, 0.1) is 12.2 Å². The maximum absolute atomic E-state index is 13.2. The summed E-state index contributed by atoms with van der Waals surface area (Å²) < 4.78 is 48.2. The average Bonchev–Trinajstić information content (AvgIpc) is 3.41. The summed E-state index contributed by atoms with van der Waals surface area (Å²) in [5.41, 5.74) is 0.821. The summed E-state index contributed by atoms with van der Waals surface area (Å²) in [4.78, 5) is 39.1. The van der Waals surface area contributed by atoms with E-state index in [2.05, 4.69) is 31.3 Å². The second-order valence-corrected chi connectivity index (χ2v) is 8.95. The minimum Gasteiger partial charge on any atom is -0.475 e. The van der Waals surface area contributed by atoms with E-state index in [0.29, 0.717) is 29.4 Å². The van der Waals surface area contributed by atoms with Gasteiger partial charge in [0.2, 0.25) is 0 Å². The van der Waals surface area contributed by atoms with Crippen molar-refractivity contribution >= 4 is 34.8 Å². The van der Waals surface area contributed by atoms with Crippen LogP contribution in [0.25, 0.3) is 5.65 Å². The summed E-state index contributed by atoms with van der Waals surface area (Å²) in [6.07, 6.45) is -0.749. The van der Waals surface area contributed by atoms with Crippen LogP contribution < -0.4 is 26.8 Å². The Morgan fingerprint density at radius 1 is 1.23 bits per heavy atom. The van der Waals surface area contributed by atoms with Gasteiger partial charge in [-0.3, -0.25) is 9.59 Å². The molecule has 0 spiro atoms. The monoisotopic (exact) mass is 554 g/mol. The molecule has 1 amide bonds. The zero-order chi connectivity index (χ0) is 28.3. The van der Waals surface area contributed by atoms with Crippen LogP contribution in [0.15, 0.2) is 35.4 Å². The number of aliphatic carboxylic acids is 1. The molecule has 0 bridgehead atoms. The molecule has 12 nitrogen and oxygen atoms in total. The van der Waals surface area contributed by atoms with Crippen LogP contribution in [0.5, 0.6) is 0 Å². The lowest BCUT2D eigenvalue weighted by atomic mass is 10.1. The number of carbonyl (C=O) groups excluding carboxylic acids is 1. The Morgan fingerprint density at radius 3 is 2.49 bits per heavy atom. The van der Waals surface area contributed by atoms with Crippen LogP contribution in [0.2, 0.25) is 0 Å². The SMILES string of the molecule is CNc1cc(Nc2cccn(C3CCNCC3)c2=O)nc2c(C(=O)N[C@@H]3C[C@@H]3F)cnn12.O=C(O)C(F)(F)F. The number of alkyl halides is 4. The standard InChI is InChI=1S/C21H25FN8O2.C2HF3O2/c1-23-18-10-17(26-15-3-2-8-29(21(15)32)12-4-6-24-7-5-12)28-19-13(11-25-30(18)19)20(31)27-16-9-14(16)22;3-2(4,5)1(6)7/h2-3,8,10-12,14,16,23-24H,4-7,9H2,1H3,(H,26,28)(H,27,31);(H,6,7)/t14-,16+;/m0./s1. The van der Waals surface area contributed by atoms with Crippen LogP contribution in [0, 0.1) is 0 Å². The Balaban J connectivity index is 0.000000448. The molecule has 1 saturated carbocycles. The lowest BCUT2D eigenvalue weighted by molar-refractivity contribution is -0.192. The Hall–Kier alpha value is -4.21. The van der Waals surface area contributed by atoms with Gasteiger partial charge in [-0.25, -0.2) is 14.2 Å². The van der Waals surface area contributed by atoms with Crippen molar-refractivity contribution in [3.8, 4) is 0 Å². The largest absolute Gasteiger partial charge is 0.490 e. The second kappa shape index (κ2) is 11.3. The third-order valence-corrected chi connectivity index (χ3v) is 6.18. The van der Waals surface area contributed by atoms with Crippen molar-refractivity contribution in [2.45, 2.75) is 43.7 Å². The van der Waals surface area contributed by atoms with E-state index in [1.807, 2.05) is 12.3 Å². The zero-order valence-corrected chi connectivity index (χ0v) is 20.6. The minimum atomic E-state index is -5.08. The first-order valence-electron chi connectivity index (χ1n) is 12.0. The maximum Gasteiger partial charge on any atom is 0.490 e. The number of carboxylic acid groups (broad SMARTS) is 1. The number of anilines is 3. The number of piperidine rings is 1. The van der Waals surface area contributed by atoms with Crippen LogP contribution in [-0.4, -0.2) is 74.7 Å². The first kappa shape index (κ1) is 27.8. The number of nitrogens with zero attached hydrogens (tertiary/aromatic N) is 4. The highest BCUT2D eigenvalue weighted by Gasteiger charge is 2.39. The number of amides is 1. The first-order valence-corrected chi connectivity index (χ1v) is 12.0. The van der Waals surface area contributed by atoms with Crippen molar-refractivity contribution in [3.63, 3.8) is 0 Å². The molecule has 1 aliphatic heterocycles. The van der Waals surface area contributed by atoms with E-state index in [1.54, 1.807) is 23.7 Å². The molecule has 39 heavy (non-hydrogen) atoms. The lowest BCUT2D eigenvalue weighted by Gasteiger charge is -2.25. The van der Waals surface area contributed by atoms with Gasteiger partial charge in [-0.15, -0.1) is 0 Å². The van der Waals surface area contributed by atoms with E-state index < -0.39 is 30.3 Å². The molecule has 4 heterocycles. The normalized spacial score (nSPS) is 19.1. The molecule has 16 heteroatoms. The molecule has 1 saturated heterocycles. The lowest BCUT2D eigenvalue weighted by Crippen LogP contribution is -2.34. The number of carbonyl (C=O) groups is 2. The van der Waals surface area contributed by atoms with Crippen molar-refractivity contribution in [1.82, 2.24) is 29.8 Å². The number of nitrogens with one attached hydrogen (secondary N) is 4. The van der Waals surface area contributed by atoms with Crippen LogP contribution in [0.4, 0.5) is 34.9 Å². The van der Waals surface area contributed by atoms with Crippen molar-refractivity contribution in [2.24, 2.45) is 0 Å². The van der Waals surface area contributed by atoms with Gasteiger partial charge in [-0.2, -0.15) is 22.8 Å². The van der Waals surface area contributed by atoms with E-state index in [1.165, 1.54) is 10.7 Å². The molecule has 2 atom stereocenters. The van der Waals surface area contributed by atoms with Crippen molar-refractivity contribution < 1.29 is 32.3 Å². The number of halogens is 4. The van der Waals surface area contributed by atoms with E-state index in [4.69, 9.17) is 9.90 Å². The summed E-state index contributed by atoms with van der Waals surface area (Å²) in [6, 6.07) is 4.95. The number of fused-ring (bicyclic) bond motifs is 1. The van der Waals surface area contributed by atoms with Gasteiger partial charge in [-0.05, 0) is 38.1 Å². The highest BCUT2D eigenvalue weighted by molar-refractivity contribution is 6.00. The number of hydrogen-bond acceptors (Lipinski definition) is 8. The van der Waals surface area contributed by atoms with Crippen LogP contribution in [0.3, 0.4) is 0 Å². The molecule has 1 aliphatic carbocycles. The number of hydrogen-bond donors (Lipinski definition) is 5. The van der Waals surface area contributed by atoms with Crippen molar-refractivity contribution in [2.75, 3.05) is 30.8 Å². The Bertz CT molecular complexity index is 1420. The van der Waals surface area contributed by atoms with E-state index in [9.17, 15) is 27.2 Å². The van der Waals surface area contributed by atoms with Gasteiger partial charge < -0.3 is 30.9 Å². The highest BCUT2D eigenvalue weighted by Crippen LogP contribution is 2.26. The number of rotatable bonds is 6. The molecule has 3 aromatic rings. The summed E-state index contributed by atoms with van der Waals surface area (Å²) in [6.45, 7) is 1.77. The van der Waals surface area contributed by atoms with Gasteiger partial charge in [0.15, 0.2) is 5.65 Å². The Labute approximate surface area is 218 Å². The number of carboxylic acids is 1. The van der Waals surface area contributed by atoms with Crippen LogP contribution in [-0.2, 0) is 4.79 Å². The van der Waals surface area contributed by atoms with E-state index in [0.717, 1.165) is 25.9 Å². The Kier molecular flexibility index (Phi) is 8.03. The van der Waals surface area contributed by atoms with Crippen molar-refractivity contribution in [1.29, 1.82) is 0 Å². The highest BCUT2D eigenvalue weighted by atomic mass is 19.4. The Morgan fingerprint density at radius 2 is 1.90 bits per heavy atom. The molecule has 210 valence electrons. The summed E-state index contributed by atoms with van der Waals surface area (Å²) in [5, 5.41) is 23.4. The molecule has 5 N–H and O–H groups in total. The summed E-state index contributed by atoms with van der Waals surface area (Å²) >= 11 is 0. The number of aromatic nitrogens is 4. The van der Waals surface area contributed by atoms with E-state index >= 15 is 0 Å².